The Kier molecular flexibility index (Phi) is 6.46. The third-order valence-electron chi connectivity index (χ3n) is 5.08. The van der Waals surface area contributed by atoms with Gasteiger partial charge in [-0.25, -0.2) is 0 Å². The van der Waals surface area contributed by atoms with E-state index in [1.807, 2.05) is 0 Å². The molecule has 1 heterocycles. The molecule has 0 amide bonds. The van der Waals surface area contributed by atoms with Gasteiger partial charge in [0, 0.05) is 5.56 Å². The lowest BCUT2D eigenvalue weighted by molar-refractivity contribution is 0.0767. The van der Waals surface area contributed by atoms with Crippen LogP contribution in [0.25, 0.3) is 0 Å². The zero-order valence-electron chi connectivity index (χ0n) is 13.6. The highest BCUT2D eigenvalue weighted by molar-refractivity contribution is 6.00. The van der Waals surface area contributed by atoms with E-state index in [-0.39, 0.29) is 18.4 Å². The Bertz CT molecular complexity index is 508. The number of nitrogens with zero attached hydrogens (tertiary/aromatic N) is 1. The summed E-state index contributed by atoms with van der Waals surface area (Å²) in [6.45, 7) is 4.38. The summed E-state index contributed by atoms with van der Waals surface area (Å²) in [5.41, 5.74) is 3.81. The Hall–Kier alpha value is -0.860. The molecule has 1 atom stereocenters. The van der Waals surface area contributed by atoms with E-state index in [2.05, 4.69) is 30.0 Å². The van der Waals surface area contributed by atoms with Crippen LogP contribution in [0.3, 0.4) is 0 Å². The predicted octanol–water partition coefficient (Wildman–Crippen LogP) is 4.43. The van der Waals surface area contributed by atoms with Crippen LogP contribution in [0.4, 0.5) is 0 Å². The second-order valence-corrected chi connectivity index (χ2v) is 6.60. The van der Waals surface area contributed by atoms with Crippen molar-refractivity contribution in [2.45, 2.75) is 64.3 Å². The van der Waals surface area contributed by atoms with Crippen LogP contribution in [-0.2, 0) is 12.8 Å². The SMILES string of the molecule is CCCC(C(=O)c1ccc2c(c1)CCC2)N1CCCCC1.Cl. The molecule has 0 N–H and O–H groups in total. The number of rotatable bonds is 5. The lowest BCUT2D eigenvalue weighted by atomic mass is 9.95. The number of carbonyl (C=O) groups excluding carboxylic acids is 1. The van der Waals surface area contributed by atoms with Crippen LogP contribution in [-0.4, -0.2) is 29.8 Å². The highest BCUT2D eigenvalue weighted by atomic mass is 35.5. The van der Waals surface area contributed by atoms with E-state index in [0.29, 0.717) is 5.78 Å². The minimum Gasteiger partial charge on any atom is -0.293 e. The maximum atomic E-state index is 13.0. The number of aryl methyl sites for hydroxylation is 2. The van der Waals surface area contributed by atoms with E-state index in [0.717, 1.165) is 37.9 Å². The van der Waals surface area contributed by atoms with Crippen molar-refractivity contribution in [1.82, 2.24) is 4.90 Å². The third-order valence-corrected chi connectivity index (χ3v) is 5.08. The van der Waals surface area contributed by atoms with E-state index >= 15 is 0 Å². The van der Waals surface area contributed by atoms with E-state index in [1.54, 1.807) is 0 Å². The molecule has 3 rings (SSSR count). The quantitative estimate of drug-likeness (QED) is 0.747. The molecule has 0 radical (unpaired) electrons. The lowest BCUT2D eigenvalue weighted by Gasteiger charge is -2.33. The van der Waals surface area contributed by atoms with Gasteiger partial charge in [-0.1, -0.05) is 31.9 Å². The van der Waals surface area contributed by atoms with Crippen LogP contribution in [0.2, 0.25) is 0 Å². The molecule has 122 valence electrons. The largest absolute Gasteiger partial charge is 0.293 e. The molecule has 0 bridgehead atoms. The van der Waals surface area contributed by atoms with Gasteiger partial charge in [-0.2, -0.15) is 0 Å². The number of fused-ring (bicyclic) bond motifs is 1. The molecule has 0 aromatic heterocycles. The smallest absolute Gasteiger partial charge is 0.179 e. The summed E-state index contributed by atoms with van der Waals surface area (Å²) in [6.07, 6.45) is 9.48. The first-order valence-electron chi connectivity index (χ1n) is 8.69. The second kappa shape index (κ2) is 8.12. The van der Waals surface area contributed by atoms with E-state index in [9.17, 15) is 4.79 Å². The van der Waals surface area contributed by atoms with Crippen molar-refractivity contribution in [2.24, 2.45) is 0 Å². The lowest BCUT2D eigenvalue weighted by Crippen LogP contribution is -2.44. The Morgan fingerprint density at radius 1 is 1.09 bits per heavy atom. The highest BCUT2D eigenvalue weighted by Gasteiger charge is 2.27. The minimum absolute atomic E-state index is 0. The van der Waals surface area contributed by atoms with E-state index in [1.165, 1.54) is 43.2 Å². The zero-order chi connectivity index (χ0) is 14.7. The van der Waals surface area contributed by atoms with Crippen LogP contribution in [0.1, 0.15) is 66.9 Å². The van der Waals surface area contributed by atoms with Crippen molar-refractivity contribution in [3.8, 4) is 0 Å². The molecule has 0 spiro atoms. The van der Waals surface area contributed by atoms with Gasteiger partial charge in [-0.3, -0.25) is 9.69 Å². The molecule has 1 saturated heterocycles. The van der Waals surface area contributed by atoms with E-state index in [4.69, 9.17) is 0 Å². The fourth-order valence-electron chi connectivity index (χ4n) is 3.90. The van der Waals surface area contributed by atoms with Crippen molar-refractivity contribution in [1.29, 1.82) is 0 Å². The molecule has 1 fully saturated rings. The number of hydrogen-bond acceptors (Lipinski definition) is 2. The Morgan fingerprint density at radius 2 is 1.82 bits per heavy atom. The normalized spacial score (nSPS) is 19.3. The molecule has 1 unspecified atom stereocenters. The van der Waals surface area contributed by atoms with Crippen molar-refractivity contribution < 1.29 is 4.79 Å². The van der Waals surface area contributed by atoms with Crippen molar-refractivity contribution >= 4 is 18.2 Å². The molecule has 1 aliphatic heterocycles. The summed E-state index contributed by atoms with van der Waals surface area (Å²) >= 11 is 0. The maximum absolute atomic E-state index is 13.0. The van der Waals surface area contributed by atoms with E-state index < -0.39 is 0 Å². The summed E-state index contributed by atoms with van der Waals surface area (Å²) in [4.78, 5) is 15.4. The molecule has 1 aromatic carbocycles. The minimum atomic E-state index is 0. The first-order chi connectivity index (χ1) is 10.3. The molecule has 3 heteroatoms. The number of carbonyl (C=O) groups is 1. The van der Waals surface area contributed by atoms with Gasteiger partial charge >= 0.3 is 0 Å². The van der Waals surface area contributed by atoms with Crippen LogP contribution < -0.4 is 0 Å². The summed E-state index contributed by atoms with van der Waals surface area (Å²) in [5, 5.41) is 0. The first kappa shape index (κ1) is 17.5. The fourth-order valence-corrected chi connectivity index (χ4v) is 3.90. The molecule has 1 aromatic rings. The molecule has 22 heavy (non-hydrogen) atoms. The summed E-state index contributed by atoms with van der Waals surface area (Å²) < 4.78 is 0. The number of benzene rings is 1. The monoisotopic (exact) mass is 321 g/mol. The molecule has 2 nitrogen and oxygen atoms in total. The zero-order valence-corrected chi connectivity index (χ0v) is 14.5. The van der Waals surface area contributed by atoms with Crippen LogP contribution in [0.5, 0.6) is 0 Å². The molecule has 0 saturated carbocycles. The number of Topliss-reactive ketones (excluding diaryl/α,β-unsaturated/α-hetero) is 1. The fraction of sp³-hybridized carbons (Fsp3) is 0.632. The second-order valence-electron chi connectivity index (χ2n) is 6.60. The van der Waals surface area contributed by atoms with Crippen LogP contribution >= 0.6 is 12.4 Å². The Labute approximate surface area is 140 Å². The van der Waals surface area contributed by atoms with Gasteiger partial charge in [0.1, 0.15) is 0 Å². The molecular formula is C19H28ClNO. The summed E-state index contributed by atoms with van der Waals surface area (Å²) in [5.74, 6) is 0.355. The molecule has 2 aliphatic rings. The van der Waals surface area contributed by atoms with Crippen molar-refractivity contribution in [2.75, 3.05) is 13.1 Å². The van der Waals surface area contributed by atoms with Gasteiger partial charge in [-0.15, -0.1) is 12.4 Å². The maximum Gasteiger partial charge on any atom is 0.179 e. The van der Waals surface area contributed by atoms with Gasteiger partial charge in [0.25, 0.3) is 0 Å². The summed E-state index contributed by atoms with van der Waals surface area (Å²) in [6, 6.07) is 6.54. The Balaban J connectivity index is 0.00000176. The highest BCUT2D eigenvalue weighted by Crippen LogP contribution is 2.25. The van der Waals surface area contributed by atoms with Crippen molar-refractivity contribution in [3.05, 3.63) is 34.9 Å². The molecular weight excluding hydrogens is 294 g/mol. The number of likely N-dealkylation sites (tertiary alicyclic amines) is 1. The standard InChI is InChI=1S/C19H27NO.ClH/c1-2-7-18(20-12-4-3-5-13-20)19(21)17-11-10-15-8-6-9-16(15)14-17;/h10-11,14,18H,2-9,12-13H2,1H3;1H. The average Bonchev–Trinajstić information content (AvgIpc) is 3.00. The van der Waals surface area contributed by atoms with Crippen LogP contribution in [0, 0.1) is 0 Å². The van der Waals surface area contributed by atoms with Crippen molar-refractivity contribution in [3.63, 3.8) is 0 Å². The summed E-state index contributed by atoms with van der Waals surface area (Å²) in [7, 11) is 0. The predicted molar refractivity (Wildman–Crippen MR) is 94.2 cm³/mol. The average molecular weight is 322 g/mol. The molecule has 1 aliphatic carbocycles. The number of piperidine rings is 1. The Morgan fingerprint density at radius 3 is 2.55 bits per heavy atom. The van der Waals surface area contributed by atoms with Crippen LogP contribution in [0.15, 0.2) is 18.2 Å². The first-order valence-corrected chi connectivity index (χ1v) is 8.69. The van der Waals surface area contributed by atoms with Gasteiger partial charge in [0.15, 0.2) is 5.78 Å². The van der Waals surface area contributed by atoms with Gasteiger partial charge in [0.2, 0.25) is 0 Å². The van der Waals surface area contributed by atoms with Gasteiger partial charge < -0.3 is 0 Å². The topological polar surface area (TPSA) is 20.3 Å². The number of halogens is 1. The number of ketones is 1. The number of hydrogen-bond donors (Lipinski definition) is 0. The third kappa shape index (κ3) is 3.72. The van der Waals surface area contributed by atoms with Gasteiger partial charge in [0.05, 0.1) is 6.04 Å². The van der Waals surface area contributed by atoms with Gasteiger partial charge in [-0.05, 0) is 68.8 Å².